The van der Waals surface area contributed by atoms with Crippen LogP contribution in [0.15, 0.2) is 43.4 Å². The molecular weight excluding hydrogens is 335 g/mol. The molecule has 2 aromatic heterocycles. The van der Waals surface area contributed by atoms with E-state index in [-0.39, 0.29) is 11.3 Å². The summed E-state index contributed by atoms with van der Waals surface area (Å²) >= 11 is 0. The van der Waals surface area contributed by atoms with Crippen LogP contribution in [-0.2, 0) is 0 Å². The topological polar surface area (TPSA) is 76.7 Å². The molecule has 0 radical (unpaired) electrons. The zero-order chi connectivity index (χ0) is 18.0. The second kappa shape index (κ2) is 6.98. The van der Waals surface area contributed by atoms with Crippen molar-refractivity contribution >= 4 is 0 Å². The van der Waals surface area contributed by atoms with Gasteiger partial charge in [0.05, 0.1) is 11.9 Å². The zero-order valence-electron chi connectivity index (χ0n) is 13.1. The van der Waals surface area contributed by atoms with Crippen molar-refractivity contribution < 1.29 is 18.3 Å². The van der Waals surface area contributed by atoms with Crippen LogP contribution in [-0.4, -0.2) is 29.8 Å². The lowest BCUT2D eigenvalue weighted by Gasteiger charge is -2.29. The smallest absolute Gasteiger partial charge is 0.163 e. The first kappa shape index (κ1) is 17.0. The maximum Gasteiger partial charge on any atom is 0.163 e. The highest BCUT2D eigenvalue weighted by molar-refractivity contribution is 5.28. The fourth-order valence-electron chi connectivity index (χ4n) is 2.81. The molecule has 3 atom stereocenters. The summed E-state index contributed by atoms with van der Waals surface area (Å²) in [6.45, 7) is 1.58. The molecule has 0 spiro atoms. The van der Waals surface area contributed by atoms with Gasteiger partial charge < -0.3 is 5.11 Å². The van der Waals surface area contributed by atoms with Gasteiger partial charge in [-0.25, -0.2) is 32.8 Å². The van der Waals surface area contributed by atoms with Gasteiger partial charge in [0.1, 0.15) is 30.6 Å². The number of aliphatic hydroxyl groups is 1. The molecule has 130 valence electrons. The Hall–Kier alpha value is -2.81. The molecule has 0 aliphatic heterocycles. The van der Waals surface area contributed by atoms with Crippen LogP contribution in [0.25, 0.3) is 0 Å². The van der Waals surface area contributed by atoms with Gasteiger partial charge in [0.15, 0.2) is 12.0 Å². The molecule has 0 bridgehead atoms. The average Bonchev–Trinajstić information content (AvgIpc) is 3.11. The highest BCUT2D eigenvalue weighted by atomic mass is 19.1. The molecule has 3 rings (SSSR count). The van der Waals surface area contributed by atoms with Crippen molar-refractivity contribution in [2.24, 2.45) is 0 Å². The van der Waals surface area contributed by atoms with Gasteiger partial charge in [-0.05, 0) is 11.6 Å². The van der Waals surface area contributed by atoms with Gasteiger partial charge in [0, 0.05) is 17.9 Å². The van der Waals surface area contributed by atoms with E-state index >= 15 is 0 Å². The Kier molecular flexibility index (Phi) is 4.75. The SMILES string of the molecule is C[C@H](c1ncncc1F)[C@H](c1ccc(F)cc1F)C(O)n1cncn1. The van der Waals surface area contributed by atoms with Crippen LogP contribution in [0.5, 0.6) is 0 Å². The van der Waals surface area contributed by atoms with E-state index in [1.54, 1.807) is 6.92 Å². The standard InChI is InChI=1S/C16H14F3N5O/c1-9(15-13(19)5-20-6-22-15)14(16(25)24-8-21-7-23-24)11-3-2-10(17)4-12(11)18/h2-9,14,16,25H,1H3/t9-,14+,16?/m0/s1. The van der Waals surface area contributed by atoms with Crippen LogP contribution >= 0.6 is 0 Å². The molecule has 6 nitrogen and oxygen atoms in total. The lowest BCUT2D eigenvalue weighted by molar-refractivity contribution is 0.0505. The van der Waals surface area contributed by atoms with Crippen LogP contribution in [0.4, 0.5) is 13.2 Å². The van der Waals surface area contributed by atoms with Gasteiger partial charge in [-0.1, -0.05) is 13.0 Å². The molecule has 1 aromatic carbocycles. The number of rotatable bonds is 5. The molecule has 0 aliphatic rings. The Morgan fingerprint density at radius 3 is 2.52 bits per heavy atom. The van der Waals surface area contributed by atoms with E-state index in [1.807, 2.05) is 0 Å². The van der Waals surface area contributed by atoms with E-state index in [9.17, 15) is 18.3 Å². The third-order valence-corrected chi connectivity index (χ3v) is 4.02. The van der Waals surface area contributed by atoms with E-state index in [1.165, 1.54) is 18.7 Å². The van der Waals surface area contributed by atoms with E-state index in [0.717, 1.165) is 23.3 Å². The Morgan fingerprint density at radius 2 is 1.88 bits per heavy atom. The highest BCUT2D eigenvalue weighted by Crippen LogP contribution is 2.40. The van der Waals surface area contributed by atoms with E-state index in [0.29, 0.717) is 6.07 Å². The summed E-state index contributed by atoms with van der Waals surface area (Å²) in [5.41, 5.74) is 0.0119. The minimum Gasteiger partial charge on any atom is -0.371 e. The second-order valence-electron chi connectivity index (χ2n) is 5.53. The first-order valence-corrected chi connectivity index (χ1v) is 7.41. The third kappa shape index (κ3) is 3.36. The first-order chi connectivity index (χ1) is 12.0. The van der Waals surface area contributed by atoms with Gasteiger partial charge in [0.2, 0.25) is 0 Å². The Bertz CT molecular complexity index is 859. The molecule has 25 heavy (non-hydrogen) atoms. The summed E-state index contributed by atoms with van der Waals surface area (Å²) in [6.07, 6.45) is 3.24. The molecule has 2 heterocycles. The average molecular weight is 349 g/mol. The molecule has 3 aromatic rings. The van der Waals surface area contributed by atoms with Crippen LogP contribution < -0.4 is 0 Å². The number of hydrogen-bond acceptors (Lipinski definition) is 5. The molecule has 0 amide bonds. The van der Waals surface area contributed by atoms with E-state index in [4.69, 9.17) is 0 Å². The quantitative estimate of drug-likeness (QED) is 0.766. The molecule has 1 N–H and O–H groups in total. The first-order valence-electron chi connectivity index (χ1n) is 7.41. The van der Waals surface area contributed by atoms with Crippen molar-refractivity contribution in [3.05, 3.63) is 72.1 Å². The minimum atomic E-state index is -1.37. The van der Waals surface area contributed by atoms with Gasteiger partial charge in [0.25, 0.3) is 0 Å². The van der Waals surface area contributed by atoms with Crippen molar-refractivity contribution in [1.29, 1.82) is 0 Å². The molecule has 0 saturated carbocycles. The van der Waals surface area contributed by atoms with Gasteiger partial charge >= 0.3 is 0 Å². The van der Waals surface area contributed by atoms with Crippen molar-refractivity contribution in [3.63, 3.8) is 0 Å². The molecular formula is C16H14F3N5O. The van der Waals surface area contributed by atoms with Gasteiger partial charge in [-0.3, -0.25) is 0 Å². The van der Waals surface area contributed by atoms with Crippen molar-refractivity contribution in [3.8, 4) is 0 Å². The summed E-state index contributed by atoms with van der Waals surface area (Å²) in [5.74, 6) is -4.05. The van der Waals surface area contributed by atoms with Gasteiger partial charge in [-0.15, -0.1) is 0 Å². The third-order valence-electron chi connectivity index (χ3n) is 4.02. The largest absolute Gasteiger partial charge is 0.371 e. The van der Waals surface area contributed by atoms with Gasteiger partial charge in [-0.2, -0.15) is 5.10 Å². The minimum absolute atomic E-state index is 0.00268. The van der Waals surface area contributed by atoms with Crippen LogP contribution in [0.1, 0.15) is 36.2 Å². The number of hydrogen-bond donors (Lipinski definition) is 1. The maximum absolute atomic E-state index is 14.4. The van der Waals surface area contributed by atoms with E-state index in [2.05, 4.69) is 20.1 Å². The number of halogens is 3. The Balaban J connectivity index is 2.10. The summed E-state index contributed by atoms with van der Waals surface area (Å²) in [4.78, 5) is 11.2. The fourth-order valence-corrected chi connectivity index (χ4v) is 2.81. The molecule has 1 unspecified atom stereocenters. The molecule has 0 saturated heterocycles. The lowest BCUT2D eigenvalue weighted by atomic mass is 9.83. The predicted octanol–water partition coefficient (Wildman–Crippen LogP) is 2.56. The number of aliphatic hydroxyl groups excluding tert-OH is 1. The lowest BCUT2D eigenvalue weighted by Crippen LogP contribution is -2.25. The normalized spacial score (nSPS) is 14.9. The summed E-state index contributed by atoms with van der Waals surface area (Å²) in [5, 5.41) is 14.5. The van der Waals surface area contributed by atoms with Crippen LogP contribution in [0, 0.1) is 17.5 Å². The summed E-state index contributed by atoms with van der Waals surface area (Å²) < 4.78 is 42.8. The molecule has 9 heteroatoms. The molecule has 0 fully saturated rings. The zero-order valence-corrected chi connectivity index (χ0v) is 13.1. The van der Waals surface area contributed by atoms with Crippen LogP contribution in [0.2, 0.25) is 0 Å². The van der Waals surface area contributed by atoms with Crippen molar-refractivity contribution in [1.82, 2.24) is 24.7 Å². The van der Waals surface area contributed by atoms with Crippen LogP contribution in [0.3, 0.4) is 0 Å². The maximum atomic E-state index is 14.4. The van der Waals surface area contributed by atoms with Crippen molar-refractivity contribution in [2.75, 3.05) is 0 Å². The monoisotopic (exact) mass is 349 g/mol. The number of benzene rings is 1. The Morgan fingerprint density at radius 1 is 1.08 bits per heavy atom. The summed E-state index contributed by atoms with van der Waals surface area (Å²) in [7, 11) is 0. The number of aromatic nitrogens is 5. The molecule has 0 aliphatic carbocycles. The second-order valence-corrected chi connectivity index (χ2v) is 5.53. The fraction of sp³-hybridized carbons (Fsp3) is 0.250. The summed E-state index contributed by atoms with van der Waals surface area (Å²) in [6, 6.07) is 2.99. The Labute approximate surface area is 141 Å². The van der Waals surface area contributed by atoms with E-state index < -0.39 is 35.5 Å². The number of nitrogens with zero attached hydrogens (tertiary/aromatic N) is 5. The van der Waals surface area contributed by atoms with Crippen molar-refractivity contribution in [2.45, 2.75) is 25.0 Å². The highest BCUT2D eigenvalue weighted by Gasteiger charge is 2.34. The predicted molar refractivity (Wildman–Crippen MR) is 80.8 cm³/mol.